The summed E-state index contributed by atoms with van der Waals surface area (Å²) in [6, 6.07) is 0. The zero-order valence-corrected chi connectivity index (χ0v) is 10.1. The van der Waals surface area contributed by atoms with Crippen LogP contribution in [0.4, 0.5) is 0 Å². The van der Waals surface area contributed by atoms with Gasteiger partial charge in [0.2, 0.25) is 12.3 Å². The van der Waals surface area contributed by atoms with Gasteiger partial charge in [-0.25, -0.2) is 0 Å². The summed E-state index contributed by atoms with van der Waals surface area (Å²) in [7, 11) is 0. The first-order chi connectivity index (χ1) is 7.61. The van der Waals surface area contributed by atoms with Crippen molar-refractivity contribution >= 4 is 12.3 Å². The van der Waals surface area contributed by atoms with Crippen molar-refractivity contribution in [3.05, 3.63) is 0 Å². The van der Waals surface area contributed by atoms with E-state index in [2.05, 4.69) is 24.1 Å². The predicted molar refractivity (Wildman–Crippen MR) is 61.9 cm³/mol. The fourth-order valence-electron chi connectivity index (χ4n) is 1.60. The second-order valence-corrected chi connectivity index (χ2v) is 4.62. The highest BCUT2D eigenvalue weighted by Crippen LogP contribution is 1.98. The standard InChI is InChI=1S/C11H21N3O2/c1-10(2)7-12-11(16)8-13-3-5-14(9-15)6-4-13/h9-10H,3-8H2,1-2H3,(H,12,16). The van der Waals surface area contributed by atoms with Crippen LogP contribution in [0.1, 0.15) is 13.8 Å². The Hall–Kier alpha value is -1.10. The lowest BCUT2D eigenvalue weighted by Gasteiger charge is -2.31. The minimum Gasteiger partial charge on any atom is -0.355 e. The summed E-state index contributed by atoms with van der Waals surface area (Å²) in [4.78, 5) is 25.8. The Morgan fingerprint density at radius 3 is 2.44 bits per heavy atom. The molecule has 0 aliphatic carbocycles. The molecule has 1 heterocycles. The predicted octanol–water partition coefficient (Wildman–Crippen LogP) is -0.467. The van der Waals surface area contributed by atoms with Gasteiger partial charge in [0.15, 0.2) is 0 Å². The Labute approximate surface area is 96.8 Å². The zero-order chi connectivity index (χ0) is 12.0. The van der Waals surface area contributed by atoms with Gasteiger partial charge in [0.25, 0.3) is 0 Å². The van der Waals surface area contributed by atoms with Crippen LogP contribution in [-0.2, 0) is 9.59 Å². The van der Waals surface area contributed by atoms with Crippen LogP contribution in [-0.4, -0.2) is 61.4 Å². The molecule has 0 aromatic carbocycles. The van der Waals surface area contributed by atoms with E-state index in [9.17, 15) is 9.59 Å². The molecule has 0 aromatic heterocycles. The third-order valence-electron chi connectivity index (χ3n) is 2.63. The topological polar surface area (TPSA) is 52.7 Å². The summed E-state index contributed by atoms with van der Waals surface area (Å²) < 4.78 is 0. The highest BCUT2D eigenvalue weighted by molar-refractivity contribution is 5.78. The van der Waals surface area contributed by atoms with Gasteiger partial charge < -0.3 is 10.2 Å². The van der Waals surface area contributed by atoms with Gasteiger partial charge in [0.1, 0.15) is 0 Å². The number of rotatable bonds is 5. The molecule has 0 unspecified atom stereocenters. The van der Waals surface area contributed by atoms with E-state index in [0.29, 0.717) is 12.5 Å². The Balaban J connectivity index is 2.18. The Morgan fingerprint density at radius 1 is 1.31 bits per heavy atom. The second kappa shape index (κ2) is 6.48. The van der Waals surface area contributed by atoms with Gasteiger partial charge in [0, 0.05) is 32.7 Å². The van der Waals surface area contributed by atoms with Crippen LogP contribution >= 0.6 is 0 Å². The number of carbonyl (C=O) groups excluding carboxylic acids is 2. The molecule has 1 N–H and O–H groups in total. The SMILES string of the molecule is CC(C)CNC(=O)CN1CCN(C=O)CC1. The van der Waals surface area contributed by atoms with E-state index in [1.807, 2.05) is 0 Å². The molecule has 0 saturated carbocycles. The number of piperazine rings is 1. The van der Waals surface area contributed by atoms with Gasteiger partial charge >= 0.3 is 0 Å². The highest BCUT2D eigenvalue weighted by atomic mass is 16.2. The molecular weight excluding hydrogens is 206 g/mol. The monoisotopic (exact) mass is 227 g/mol. The van der Waals surface area contributed by atoms with Crippen molar-refractivity contribution in [2.75, 3.05) is 39.3 Å². The normalized spacial score (nSPS) is 17.6. The van der Waals surface area contributed by atoms with Crippen LogP contribution < -0.4 is 5.32 Å². The molecule has 2 amide bonds. The van der Waals surface area contributed by atoms with E-state index >= 15 is 0 Å². The molecule has 92 valence electrons. The van der Waals surface area contributed by atoms with Crippen LogP contribution in [0.5, 0.6) is 0 Å². The van der Waals surface area contributed by atoms with Gasteiger partial charge in [-0.05, 0) is 5.92 Å². The van der Waals surface area contributed by atoms with E-state index < -0.39 is 0 Å². The summed E-state index contributed by atoms with van der Waals surface area (Å²) >= 11 is 0. The maximum atomic E-state index is 11.5. The fraction of sp³-hybridized carbons (Fsp3) is 0.818. The van der Waals surface area contributed by atoms with E-state index in [1.54, 1.807) is 4.90 Å². The van der Waals surface area contributed by atoms with Gasteiger partial charge in [0.05, 0.1) is 6.54 Å². The zero-order valence-electron chi connectivity index (χ0n) is 10.1. The van der Waals surface area contributed by atoms with Gasteiger partial charge in [-0.2, -0.15) is 0 Å². The third kappa shape index (κ3) is 4.61. The lowest BCUT2D eigenvalue weighted by atomic mass is 10.2. The van der Waals surface area contributed by atoms with E-state index in [4.69, 9.17) is 0 Å². The Bertz CT molecular complexity index is 235. The molecule has 0 aromatic rings. The van der Waals surface area contributed by atoms with Crippen LogP contribution in [0.25, 0.3) is 0 Å². The molecule has 1 saturated heterocycles. The van der Waals surface area contributed by atoms with Crippen LogP contribution in [0, 0.1) is 5.92 Å². The van der Waals surface area contributed by atoms with Gasteiger partial charge in [-0.15, -0.1) is 0 Å². The number of carbonyl (C=O) groups is 2. The maximum Gasteiger partial charge on any atom is 0.234 e. The lowest BCUT2D eigenvalue weighted by molar-refractivity contribution is -0.123. The van der Waals surface area contributed by atoms with Crippen LogP contribution in [0.15, 0.2) is 0 Å². The van der Waals surface area contributed by atoms with Crippen LogP contribution in [0.3, 0.4) is 0 Å². The minimum absolute atomic E-state index is 0.0771. The third-order valence-corrected chi connectivity index (χ3v) is 2.63. The Kier molecular flexibility index (Phi) is 5.25. The summed E-state index contributed by atoms with van der Waals surface area (Å²) in [5.41, 5.74) is 0. The van der Waals surface area contributed by atoms with Gasteiger partial charge in [-0.3, -0.25) is 14.5 Å². The van der Waals surface area contributed by atoms with Crippen molar-refractivity contribution in [1.82, 2.24) is 15.1 Å². The van der Waals surface area contributed by atoms with Crippen molar-refractivity contribution in [2.24, 2.45) is 5.92 Å². The molecule has 0 atom stereocenters. The van der Waals surface area contributed by atoms with E-state index in [0.717, 1.165) is 39.1 Å². The van der Waals surface area contributed by atoms with Crippen LogP contribution in [0.2, 0.25) is 0 Å². The summed E-state index contributed by atoms with van der Waals surface area (Å²) in [6.07, 6.45) is 0.871. The smallest absolute Gasteiger partial charge is 0.234 e. The number of amides is 2. The average Bonchev–Trinajstić information content (AvgIpc) is 2.27. The average molecular weight is 227 g/mol. The molecule has 0 bridgehead atoms. The summed E-state index contributed by atoms with van der Waals surface area (Å²) in [5, 5.41) is 2.89. The number of hydrogen-bond acceptors (Lipinski definition) is 3. The molecule has 0 radical (unpaired) electrons. The number of hydrogen-bond donors (Lipinski definition) is 1. The van der Waals surface area contributed by atoms with Gasteiger partial charge in [-0.1, -0.05) is 13.8 Å². The second-order valence-electron chi connectivity index (χ2n) is 4.62. The maximum absolute atomic E-state index is 11.5. The summed E-state index contributed by atoms with van der Waals surface area (Å²) in [6.45, 7) is 8.34. The van der Waals surface area contributed by atoms with Crippen molar-refractivity contribution in [3.8, 4) is 0 Å². The molecule has 5 nitrogen and oxygen atoms in total. The molecule has 5 heteroatoms. The number of nitrogens with zero attached hydrogens (tertiary/aromatic N) is 2. The van der Waals surface area contributed by atoms with Crippen molar-refractivity contribution in [1.29, 1.82) is 0 Å². The van der Waals surface area contributed by atoms with Crippen molar-refractivity contribution in [3.63, 3.8) is 0 Å². The number of nitrogens with one attached hydrogen (secondary N) is 1. The molecule has 1 rings (SSSR count). The van der Waals surface area contributed by atoms with E-state index in [-0.39, 0.29) is 5.91 Å². The molecule has 1 aliphatic heterocycles. The first-order valence-electron chi connectivity index (χ1n) is 5.80. The highest BCUT2D eigenvalue weighted by Gasteiger charge is 2.17. The quantitative estimate of drug-likeness (QED) is 0.646. The lowest BCUT2D eigenvalue weighted by Crippen LogP contribution is -2.49. The molecule has 0 spiro atoms. The molecule has 16 heavy (non-hydrogen) atoms. The van der Waals surface area contributed by atoms with Crippen molar-refractivity contribution in [2.45, 2.75) is 13.8 Å². The fourth-order valence-corrected chi connectivity index (χ4v) is 1.60. The van der Waals surface area contributed by atoms with E-state index in [1.165, 1.54) is 0 Å². The minimum atomic E-state index is 0.0771. The molecule has 1 aliphatic rings. The molecular formula is C11H21N3O2. The first-order valence-corrected chi connectivity index (χ1v) is 5.80. The first kappa shape index (κ1) is 13.0. The van der Waals surface area contributed by atoms with Crippen molar-refractivity contribution < 1.29 is 9.59 Å². The summed E-state index contributed by atoms with van der Waals surface area (Å²) in [5.74, 6) is 0.559. The Morgan fingerprint density at radius 2 is 1.94 bits per heavy atom. The largest absolute Gasteiger partial charge is 0.355 e. The molecule has 1 fully saturated rings.